The van der Waals surface area contributed by atoms with Crippen molar-refractivity contribution in [3.8, 4) is 5.75 Å². The molecule has 29 heavy (non-hydrogen) atoms. The lowest BCUT2D eigenvalue weighted by atomic mass is 9.45. The molecule has 1 aromatic rings. The largest absolute Gasteiger partial charge is 0.488 e. The smallest absolute Gasteiger partial charge is 0.142 e. The average molecular weight is 397 g/mol. The zero-order valence-corrected chi connectivity index (χ0v) is 18.6. The Morgan fingerprint density at radius 2 is 1.66 bits per heavy atom. The molecule has 0 heterocycles. The van der Waals surface area contributed by atoms with E-state index >= 15 is 0 Å². The fourth-order valence-electron chi connectivity index (χ4n) is 8.44. The molecule has 3 nitrogen and oxygen atoms in total. The molecule has 0 aliphatic heterocycles. The Morgan fingerprint density at radius 3 is 2.45 bits per heavy atom. The van der Waals surface area contributed by atoms with Crippen LogP contribution in [0.2, 0.25) is 0 Å². The first-order valence-corrected chi connectivity index (χ1v) is 12.1. The van der Waals surface area contributed by atoms with Crippen molar-refractivity contribution in [2.45, 2.75) is 84.7 Å². The molecule has 4 aliphatic rings. The molecule has 0 radical (unpaired) electrons. The van der Waals surface area contributed by atoms with Crippen LogP contribution < -0.4 is 16.2 Å². The van der Waals surface area contributed by atoms with Gasteiger partial charge in [0.25, 0.3) is 0 Å². The molecule has 0 bridgehead atoms. The molecule has 160 valence electrons. The highest BCUT2D eigenvalue weighted by atomic mass is 16.5. The first-order valence-electron chi connectivity index (χ1n) is 12.1. The van der Waals surface area contributed by atoms with Crippen molar-refractivity contribution in [2.75, 3.05) is 11.5 Å². The predicted molar refractivity (Wildman–Crippen MR) is 121 cm³/mol. The topological polar surface area (TPSA) is 61.3 Å². The van der Waals surface area contributed by atoms with Gasteiger partial charge in [0.05, 0.1) is 11.8 Å². The summed E-state index contributed by atoms with van der Waals surface area (Å²) in [4.78, 5) is 0. The van der Waals surface area contributed by atoms with E-state index in [1.807, 2.05) is 18.2 Å². The Kier molecular flexibility index (Phi) is 4.60. The van der Waals surface area contributed by atoms with E-state index in [4.69, 9.17) is 16.2 Å². The van der Waals surface area contributed by atoms with Crippen LogP contribution in [0, 0.1) is 40.4 Å². The van der Waals surface area contributed by atoms with Crippen molar-refractivity contribution in [1.29, 1.82) is 0 Å². The summed E-state index contributed by atoms with van der Waals surface area (Å²) in [7, 11) is 0. The molecule has 4 fully saturated rings. The number of benzene rings is 1. The first kappa shape index (κ1) is 19.6. The van der Waals surface area contributed by atoms with Gasteiger partial charge in [-0.2, -0.15) is 0 Å². The van der Waals surface area contributed by atoms with Crippen LogP contribution in [0.25, 0.3) is 0 Å². The van der Waals surface area contributed by atoms with Crippen LogP contribution in [-0.2, 0) is 0 Å². The molecule has 8 unspecified atom stereocenters. The summed E-state index contributed by atoms with van der Waals surface area (Å²) >= 11 is 0. The lowest BCUT2D eigenvalue weighted by molar-refractivity contribution is -0.123. The predicted octanol–water partition coefficient (Wildman–Crippen LogP) is 6.28. The van der Waals surface area contributed by atoms with Gasteiger partial charge in [0.2, 0.25) is 0 Å². The average Bonchev–Trinajstić information content (AvgIpc) is 2.99. The molecule has 4 saturated carbocycles. The summed E-state index contributed by atoms with van der Waals surface area (Å²) in [6, 6.07) is 5.65. The highest BCUT2D eigenvalue weighted by molar-refractivity contribution is 5.60. The molecule has 0 spiro atoms. The van der Waals surface area contributed by atoms with Gasteiger partial charge in [0, 0.05) is 5.69 Å². The summed E-state index contributed by atoms with van der Waals surface area (Å²) < 4.78 is 6.39. The Bertz CT molecular complexity index is 778. The van der Waals surface area contributed by atoms with Crippen molar-refractivity contribution in [2.24, 2.45) is 40.4 Å². The Balaban J connectivity index is 1.31. The third-order valence-electron chi connectivity index (χ3n) is 10.4. The Morgan fingerprint density at radius 1 is 0.897 bits per heavy atom. The highest BCUT2D eigenvalue weighted by Gasteiger charge is 2.59. The summed E-state index contributed by atoms with van der Waals surface area (Å²) in [6.45, 7) is 7.80. The van der Waals surface area contributed by atoms with Gasteiger partial charge in [0.15, 0.2) is 0 Å². The van der Waals surface area contributed by atoms with E-state index in [9.17, 15) is 0 Å². The van der Waals surface area contributed by atoms with Gasteiger partial charge in [-0.15, -0.1) is 0 Å². The molecule has 4 aliphatic carbocycles. The molecule has 0 aromatic heterocycles. The van der Waals surface area contributed by atoms with Crippen LogP contribution >= 0.6 is 0 Å². The SMILES string of the molecule is CC1CCC2C3CCC4CC(Oc5ccc(N)cc5N)CCC4(C)C3CCC12C. The van der Waals surface area contributed by atoms with Gasteiger partial charge in [-0.1, -0.05) is 20.8 Å². The number of rotatable bonds is 2. The number of anilines is 2. The van der Waals surface area contributed by atoms with Crippen LogP contribution in [0.4, 0.5) is 11.4 Å². The summed E-state index contributed by atoms with van der Waals surface area (Å²) in [5.41, 5.74) is 14.5. The highest BCUT2D eigenvalue weighted by Crippen LogP contribution is 2.67. The summed E-state index contributed by atoms with van der Waals surface area (Å²) in [5, 5.41) is 0. The molecule has 0 saturated heterocycles. The summed E-state index contributed by atoms with van der Waals surface area (Å²) in [6.07, 6.45) is 12.7. The van der Waals surface area contributed by atoms with E-state index in [1.54, 1.807) is 0 Å². The van der Waals surface area contributed by atoms with Gasteiger partial charge in [0.1, 0.15) is 5.75 Å². The number of nitrogen functional groups attached to an aromatic ring is 2. The van der Waals surface area contributed by atoms with Crippen LogP contribution in [0.15, 0.2) is 18.2 Å². The molecule has 3 heteroatoms. The molecule has 5 rings (SSSR count). The lowest BCUT2D eigenvalue weighted by Crippen LogP contribution is -2.54. The van der Waals surface area contributed by atoms with Gasteiger partial charge >= 0.3 is 0 Å². The first-order chi connectivity index (χ1) is 13.8. The van der Waals surface area contributed by atoms with Crippen LogP contribution in [0.3, 0.4) is 0 Å². The van der Waals surface area contributed by atoms with Gasteiger partial charge in [-0.25, -0.2) is 0 Å². The van der Waals surface area contributed by atoms with E-state index in [0.29, 0.717) is 28.3 Å². The minimum Gasteiger partial charge on any atom is -0.488 e. The Labute approximate surface area is 177 Å². The molecule has 1 aromatic carbocycles. The molecule has 0 amide bonds. The second kappa shape index (κ2) is 6.82. The van der Waals surface area contributed by atoms with E-state index in [1.165, 1.54) is 57.8 Å². The quantitative estimate of drug-likeness (QED) is 0.579. The van der Waals surface area contributed by atoms with E-state index in [-0.39, 0.29) is 0 Å². The van der Waals surface area contributed by atoms with Crippen LogP contribution in [0.5, 0.6) is 5.75 Å². The van der Waals surface area contributed by atoms with Crippen molar-refractivity contribution in [3.05, 3.63) is 18.2 Å². The maximum atomic E-state index is 6.39. The maximum Gasteiger partial charge on any atom is 0.142 e. The summed E-state index contributed by atoms with van der Waals surface area (Å²) in [5.74, 6) is 5.44. The number of hydrogen-bond acceptors (Lipinski definition) is 3. The number of nitrogens with two attached hydrogens (primary N) is 2. The monoisotopic (exact) mass is 396 g/mol. The molecule has 4 N–H and O–H groups in total. The van der Waals surface area contributed by atoms with Crippen molar-refractivity contribution < 1.29 is 4.74 Å². The lowest BCUT2D eigenvalue weighted by Gasteiger charge is -2.61. The zero-order chi connectivity index (χ0) is 20.4. The van der Waals surface area contributed by atoms with E-state index in [0.717, 1.165) is 35.3 Å². The van der Waals surface area contributed by atoms with Crippen LogP contribution in [-0.4, -0.2) is 6.10 Å². The van der Waals surface area contributed by atoms with E-state index < -0.39 is 0 Å². The maximum absolute atomic E-state index is 6.39. The second-order valence-electron chi connectivity index (χ2n) is 11.5. The standard InChI is InChI=1S/C26H40N2O/c1-16-4-8-21-20-7-5-17-14-19(29-24-9-6-18(27)15-23(24)28)10-12-26(17,3)22(20)11-13-25(16,21)2/h6,9,15-17,19-22H,4-5,7-8,10-14,27-28H2,1-3H3. The number of ether oxygens (including phenoxy) is 1. The fraction of sp³-hybridized carbons (Fsp3) is 0.769. The minimum atomic E-state index is 0.302. The zero-order valence-electron chi connectivity index (χ0n) is 18.6. The number of hydrogen-bond donors (Lipinski definition) is 2. The van der Waals surface area contributed by atoms with Gasteiger partial charge in [-0.3, -0.25) is 0 Å². The number of fused-ring (bicyclic) bond motifs is 5. The Hall–Kier alpha value is -1.38. The molecular formula is C26H40N2O. The van der Waals surface area contributed by atoms with E-state index in [2.05, 4.69) is 20.8 Å². The molecule has 8 atom stereocenters. The van der Waals surface area contributed by atoms with Gasteiger partial charge in [-0.05, 0) is 116 Å². The van der Waals surface area contributed by atoms with Crippen molar-refractivity contribution in [3.63, 3.8) is 0 Å². The van der Waals surface area contributed by atoms with Crippen molar-refractivity contribution >= 4 is 11.4 Å². The second-order valence-corrected chi connectivity index (χ2v) is 11.5. The third kappa shape index (κ3) is 2.98. The van der Waals surface area contributed by atoms with Gasteiger partial charge < -0.3 is 16.2 Å². The fourth-order valence-corrected chi connectivity index (χ4v) is 8.44. The molecular weight excluding hydrogens is 356 g/mol. The minimum absolute atomic E-state index is 0.302. The van der Waals surface area contributed by atoms with Crippen molar-refractivity contribution in [1.82, 2.24) is 0 Å². The third-order valence-corrected chi connectivity index (χ3v) is 10.4. The normalized spacial score (nSPS) is 46.4. The van der Waals surface area contributed by atoms with Crippen LogP contribution in [0.1, 0.15) is 78.6 Å².